The second-order valence-corrected chi connectivity index (χ2v) is 9.79. The number of ether oxygens (including phenoxy) is 3. The molecule has 1 saturated heterocycles. The summed E-state index contributed by atoms with van der Waals surface area (Å²) in [4.78, 5) is 45.4. The third kappa shape index (κ3) is 5.39. The van der Waals surface area contributed by atoms with Crippen LogP contribution in [-0.2, 0) is 14.3 Å². The average molecular weight is 561 g/mol. The highest BCUT2D eigenvalue weighted by molar-refractivity contribution is 7.17. The zero-order valence-electron chi connectivity index (χ0n) is 22.3. The van der Waals surface area contributed by atoms with E-state index in [4.69, 9.17) is 14.2 Å². The van der Waals surface area contributed by atoms with Gasteiger partial charge in [0.15, 0.2) is 5.13 Å². The van der Waals surface area contributed by atoms with E-state index in [1.807, 2.05) is 0 Å². The Morgan fingerprint density at radius 3 is 2.38 bits per heavy atom. The van der Waals surface area contributed by atoms with Crippen LogP contribution in [0.3, 0.4) is 0 Å². The lowest BCUT2D eigenvalue weighted by atomic mass is 9.94. The average Bonchev–Trinajstić information content (AvgIpc) is 3.46. The molecule has 206 valence electrons. The quantitative estimate of drug-likeness (QED) is 0.117. The molecule has 10 heteroatoms. The molecular weight excluding hydrogens is 532 g/mol. The van der Waals surface area contributed by atoms with Gasteiger partial charge in [-0.25, -0.2) is 9.78 Å². The van der Waals surface area contributed by atoms with Gasteiger partial charge in [-0.15, -0.1) is 0 Å². The zero-order valence-corrected chi connectivity index (χ0v) is 23.1. The molecule has 2 aromatic carbocycles. The van der Waals surface area contributed by atoms with Crippen LogP contribution in [0.1, 0.15) is 38.1 Å². The summed E-state index contributed by atoms with van der Waals surface area (Å²) in [5.74, 6) is -1.58. The molecule has 1 aromatic heterocycles. The molecule has 1 atom stereocenters. The third-order valence-corrected chi connectivity index (χ3v) is 7.34. The first-order valence-electron chi connectivity index (χ1n) is 12.3. The number of aliphatic hydroxyl groups excluding tert-OH is 1. The van der Waals surface area contributed by atoms with Crippen molar-refractivity contribution in [2.45, 2.75) is 19.9 Å². The minimum absolute atomic E-state index is 0.0125. The largest absolute Gasteiger partial charge is 0.507 e. The Kier molecular flexibility index (Phi) is 8.49. The van der Waals surface area contributed by atoms with Crippen LogP contribution in [-0.4, -0.2) is 48.1 Å². The zero-order chi connectivity index (χ0) is 29.0. The molecule has 0 aliphatic carbocycles. The molecule has 0 radical (unpaired) electrons. The number of Topliss-reactive ketones (excluding diaryl/α,β-unsaturated/α-hetero) is 1. The van der Waals surface area contributed by atoms with Gasteiger partial charge >= 0.3 is 11.9 Å². The van der Waals surface area contributed by atoms with Crippen molar-refractivity contribution in [3.63, 3.8) is 0 Å². The maximum Gasteiger partial charge on any atom is 0.350 e. The van der Waals surface area contributed by atoms with Gasteiger partial charge in [-0.05, 0) is 55.3 Å². The lowest BCUT2D eigenvalue weighted by molar-refractivity contribution is -0.132. The summed E-state index contributed by atoms with van der Waals surface area (Å²) in [6.45, 7) is 10.9. The monoisotopic (exact) mass is 560 g/mol. The molecule has 1 aliphatic rings. The summed E-state index contributed by atoms with van der Waals surface area (Å²) in [6.07, 6.45) is 3.06. The maximum absolute atomic E-state index is 13.5. The van der Waals surface area contributed by atoms with Crippen molar-refractivity contribution in [3.05, 3.63) is 101 Å². The number of hydrogen-bond acceptors (Lipinski definition) is 9. The van der Waals surface area contributed by atoms with Crippen molar-refractivity contribution in [3.8, 4) is 11.5 Å². The number of esters is 1. The van der Waals surface area contributed by atoms with Crippen LogP contribution in [0.5, 0.6) is 11.5 Å². The van der Waals surface area contributed by atoms with Crippen molar-refractivity contribution < 1.29 is 33.7 Å². The van der Waals surface area contributed by atoms with Crippen LogP contribution in [0.25, 0.3) is 5.76 Å². The molecule has 9 nitrogen and oxygen atoms in total. The van der Waals surface area contributed by atoms with Crippen molar-refractivity contribution in [2.24, 2.45) is 0 Å². The molecule has 0 saturated carbocycles. The third-order valence-electron chi connectivity index (χ3n) is 6.21. The number of aryl methyl sites for hydroxylation is 2. The van der Waals surface area contributed by atoms with Crippen LogP contribution in [0.4, 0.5) is 5.13 Å². The number of hydrogen-bond donors (Lipinski definition) is 1. The highest BCUT2D eigenvalue weighted by Crippen LogP contribution is 2.44. The van der Waals surface area contributed by atoms with Crippen LogP contribution in [0, 0.1) is 13.8 Å². The number of thiazole rings is 1. The van der Waals surface area contributed by atoms with E-state index in [0.717, 1.165) is 11.3 Å². The van der Waals surface area contributed by atoms with Gasteiger partial charge in [0.25, 0.3) is 5.78 Å². The van der Waals surface area contributed by atoms with E-state index in [2.05, 4.69) is 18.1 Å². The second-order valence-electron chi connectivity index (χ2n) is 8.82. The van der Waals surface area contributed by atoms with Gasteiger partial charge in [0.05, 0.1) is 24.4 Å². The smallest absolute Gasteiger partial charge is 0.350 e. The lowest BCUT2D eigenvalue weighted by Gasteiger charge is -2.23. The Hall–Kier alpha value is -4.70. The van der Waals surface area contributed by atoms with Crippen LogP contribution < -0.4 is 14.4 Å². The summed E-state index contributed by atoms with van der Waals surface area (Å²) >= 11 is 0.929. The molecule has 0 spiro atoms. The maximum atomic E-state index is 13.5. The van der Waals surface area contributed by atoms with Gasteiger partial charge in [0, 0.05) is 5.56 Å². The topological polar surface area (TPSA) is 115 Å². The molecule has 3 aromatic rings. The summed E-state index contributed by atoms with van der Waals surface area (Å²) in [5, 5.41) is 11.6. The van der Waals surface area contributed by atoms with E-state index in [-0.39, 0.29) is 27.9 Å². The number of carbonyl (C=O) groups excluding carboxylic acids is 3. The number of carbonyl (C=O) groups is 3. The van der Waals surface area contributed by atoms with Crippen molar-refractivity contribution >= 4 is 39.9 Å². The van der Waals surface area contributed by atoms with E-state index in [0.29, 0.717) is 40.5 Å². The number of rotatable bonds is 10. The summed E-state index contributed by atoms with van der Waals surface area (Å²) in [6, 6.07) is 10.8. The molecule has 4 rings (SSSR count). The predicted octanol–water partition coefficient (Wildman–Crippen LogP) is 5.30. The van der Waals surface area contributed by atoms with E-state index in [9.17, 15) is 19.5 Å². The number of ketones is 1. The number of anilines is 1. The Labute approximate surface area is 235 Å². The molecular formula is C30H28N2O7S. The highest BCUT2D eigenvalue weighted by Gasteiger charge is 2.48. The van der Waals surface area contributed by atoms with E-state index >= 15 is 0 Å². The summed E-state index contributed by atoms with van der Waals surface area (Å²) in [7, 11) is 1.53. The first kappa shape index (κ1) is 28.3. The molecule has 2 heterocycles. The fourth-order valence-corrected chi connectivity index (χ4v) is 5.29. The highest BCUT2D eigenvalue weighted by atomic mass is 32.1. The number of aliphatic hydroxyl groups is 1. The van der Waals surface area contributed by atoms with Crippen LogP contribution in [0.2, 0.25) is 0 Å². The number of benzene rings is 2. The Bertz CT molecular complexity index is 1520. The SMILES string of the molecule is C=CCOC(=O)c1sc(N2C(=O)C(=O)C(=C(O)c3ccc(OCC=C)cc3C)C2c2ccc(OC)cc2)nc1C. The number of methoxy groups -OCH3 is 1. The molecule has 1 amide bonds. The number of aromatic nitrogens is 1. The molecule has 1 aliphatic heterocycles. The van der Waals surface area contributed by atoms with Crippen molar-refractivity contribution in [1.29, 1.82) is 0 Å². The molecule has 1 fully saturated rings. The van der Waals surface area contributed by atoms with Crippen molar-refractivity contribution in [2.75, 3.05) is 25.2 Å². The van der Waals surface area contributed by atoms with Gasteiger partial charge in [-0.3, -0.25) is 14.5 Å². The minimum atomic E-state index is -1.02. The lowest BCUT2D eigenvalue weighted by Crippen LogP contribution is -2.29. The van der Waals surface area contributed by atoms with Gasteiger partial charge in [0.1, 0.15) is 35.3 Å². The normalized spacial score (nSPS) is 16.1. The number of nitrogens with zero attached hydrogens (tertiary/aromatic N) is 2. The van der Waals surface area contributed by atoms with Crippen LogP contribution >= 0.6 is 11.3 Å². The van der Waals surface area contributed by atoms with Gasteiger partial charge in [-0.2, -0.15) is 0 Å². The summed E-state index contributed by atoms with van der Waals surface area (Å²) < 4.78 is 16.0. The first-order valence-corrected chi connectivity index (χ1v) is 13.1. The molecule has 40 heavy (non-hydrogen) atoms. The Morgan fingerprint density at radius 1 is 1.07 bits per heavy atom. The standard InChI is InChI=1S/C30H28N2O7S/c1-6-14-38-21-12-13-22(17(3)16-21)25(33)23-24(19-8-10-20(37-5)11-9-19)32(28(35)26(23)34)30-31-18(4)27(40-30)29(36)39-15-7-2/h6-13,16,24,33H,1-2,14-15H2,3-5H3. The van der Waals surface area contributed by atoms with E-state index in [1.54, 1.807) is 62.4 Å². The van der Waals surface area contributed by atoms with Crippen LogP contribution in [0.15, 0.2) is 73.3 Å². The minimum Gasteiger partial charge on any atom is -0.507 e. The molecule has 1 unspecified atom stereocenters. The van der Waals surface area contributed by atoms with E-state index < -0.39 is 23.7 Å². The fourth-order valence-electron chi connectivity index (χ4n) is 4.30. The molecule has 0 bridgehead atoms. The Balaban J connectivity index is 1.86. The number of amides is 1. The second kappa shape index (κ2) is 12.0. The van der Waals surface area contributed by atoms with Gasteiger partial charge < -0.3 is 19.3 Å². The van der Waals surface area contributed by atoms with Gasteiger partial charge in [0.2, 0.25) is 0 Å². The van der Waals surface area contributed by atoms with Gasteiger partial charge in [-0.1, -0.05) is 48.8 Å². The Morgan fingerprint density at radius 2 is 1.75 bits per heavy atom. The molecule has 1 N–H and O–H groups in total. The van der Waals surface area contributed by atoms with E-state index in [1.165, 1.54) is 18.1 Å². The first-order chi connectivity index (χ1) is 19.2. The predicted molar refractivity (Wildman–Crippen MR) is 152 cm³/mol. The van der Waals surface area contributed by atoms with Crippen molar-refractivity contribution in [1.82, 2.24) is 4.98 Å². The summed E-state index contributed by atoms with van der Waals surface area (Å²) in [5.41, 5.74) is 1.77. The fraction of sp³-hybridized carbons (Fsp3) is 0.200.